The van der Waals surface area contributed by atoms with E-state index in [0.717, 1.165) is 25.9 Å². The van der Waals surface area contributed by atoms with Crippen LogP contribution in [0.2, 0.25) is 0 Å². The molecule has 1 aliphatic heterocycles. The number of nitrogens with one attached hydrogen (secondary N) is 1. The summed E-state index contributed by atoms with van der Waals surface area (Å²) in [7, 11) is 1.93. The van der Waals surface area contributed by atoms with E-state index >= 15 is 0 Å². The minimum Gasteiger partial charge on any atom is -0.343 e. The van der Waals surface area contributed by atoms with E-state index in [4.69, 9.17) is 0 Å². The van der Waals surface area contributed by atoms with Crippen LogP contribution in [0.4, 0.5) is 0 Å². The van der Waals surface area contributed by atoms with Crippen LogP contribution in [0, 0.1) is 5.92 Å². The molecule has 0 bridgehead atoms. The van der Waals surface area contributed by atoms with Gasteiger partial charge in [0.05, 0.1) is 0 Å². The van der Waals surface area contributed by atoms with E-state index in [0.29, 0.717) is 12.3 Å². The smallest absolute Gasteiger partial charge is 0.222 e. The molecule has 1 aliphatic rings. The molecule has 1 saturated heterocycles. The van der Waals surface area contributed by atoms with Crippen molar-refractivity contribution in [1.82, 2.24) is 10.2 Å². The van der Waals surface area contributed by atoms with Crippen LogP contribution in [0.25, 0.3) is 0 Å². The molecule has 0 aromatic carbocycles. The molecule has 1 fully saturated rings. The molecule has 0 saturated carbocycles. The lowest BCUT2D eigenvalue weighted by Gasteiger charge is -2.25. The van der Waals surface area contributed by atoms with E-state index in [1.807, 2.05) is 11.9 Å². The number of rotatable bonds is 5. The summed E-state index contributed by atoms with van der Waals surface area (Å²) in [5.74, 6) is 0.821. The Morgan fingerprint density at radius 3 is 3.11 bits per heavy atom. The second-order valence-electron chi connectivity index (χ2n) is 5.20. The molecule has 0 radical (unpaired) electrons. The molecule has 100 valence electrons. The monoisotopic (exact) mass is 266 g/mol. The average molecular weight is 266 g/mol. The van der Waals surface area contributed by atoms with Crippen molar-refractivity contribution in [1.29, 1.82) is 0 Å². The first kappa shape index (κ1) is 13.6. The lowest BCUT2D eigenvalue weighted by atomic mass is 10.0. The molecule has 1 aromatic rings. The summed E-state index contributed by atoms with van der Waals surface area (Å²) >= 11 is 1.77. The van der Waals surface area contributed by atoms with Gasteiger partial charge in [0.15, 0.2) is 0 Å². The van der Waals surface area contributed by atoms with Crippen molar-refractivity contribution >= 4 is 17.2 Å². The first-order valence-corrected chi connectivity index (χ1v) is 7.53. The maximum absolute atomic E-state index is 12.2. The van der Waals surface area contributed by atoms with Crippen molar-refractivity contribution in [2.24, 2.45) is 5.92 Å². The first-order chi connectivity index (χ1) is 8.66. The van der Waals surface area contributed by atoms with Crippen LogP contribution in [-0.4, -0.2) is 37.0 Å². The average Bonchev–Trinajstić information content (AvgIpc) is 3.01. The summed E-state index contributed by atoms with van der Waals surface area (Å²) in [4.78, 5) is 15.4. The van der Waals surface area contributed by atoms with Gasteiger partial charge in [0.2, 0.25) is 5.91 Å². The SMILES string of the molecule is CC(Cc1cccs1)N(C)C(=O)CC1CCNC1. The van der Waals surface area contributed by atoms with Gasteiger partial charge in [-0.15, -0.1) is 11.3 Å². The van der Waals surface area contributed by atoms with Gasteiger partial charge < -0.3 is 10.2 Å². The van der Waals surface area contributed by atoms with Crippen molar-refractivity contribution in [3.05, 3.63) is 22.4 Å². The van der Waals surface area contributed by atoms with Crippen LogP contribution in [0.15, 0.2) is 17.5 Å². The number of hydrogen-bond acceptors (Lipinski definition) is 3. The topological polar surface area (TPSA) is 32.3 Å². The summed E-state index contributed by atoms with van der Waals surface area (Å²) < 4.78 is 0. The number of thiophene rings is 1. The number of carbonyl (C=O) groups is 1. The van der Waals surface area contributed by atoms with Gasteiger partial charge in [-0.1, -0.05) is 6.07 Å². The Labute approximate surface area is 113 Å². The molecule has 4 heteroatoms. The third-order valence-corrected chi connectivity index (χ3v) is 4.66. The van der Waals surface area contributed by atoms with E-state index in [1.165, 1.54) is 4.88 Å². The molecule has 1 aromatic heterocycles. The van der Waals surface area contributed by atoms with Crippen LogP contribution in [0.3, 0.4) is 0 Å². The van der Waals surface area contributed by atoms with Gasteiger partial charge in [0, 0.05) is 30.8 Å². The van der Waals surface area contributed by atoms with E-state index < -0.39 is 0 Å². The molecule has 1 amide bonds. The van der Waals surface area contributed by atoms with Gasteiger partial charge in [0.25, 0.3) is 0 Å². The summed E-state index contributed by atoms with van der Waals surface area (Å²) in [6.45, 7) is 4.19. The number of carbonyl (C=O) groups excluding carboxylic acids is 1. The van der Waals surface area contributed by atoms with Gasteiger partial charge in [-0.3, -0.25) is 4.79 Å². The number of nitrogens with zero attached hydrogens (tertiary/aromatic N) is 1. The normalized spacial score (nSPS) is 20.9. The Bertz CT molecular complexity index is 371. The fourth-order valence-electron chi connectivity index (χ4n) is 2.38. The molecule has 1 N–H and O–H groups in total. The fourth-order valence-corrected chi connectivity index (χ4v) is 3.21. The van der Waals surface area contributed by atoms with Crippen LogP contribution in [-0.2, 0) is 11.2 Å². The largest absolute Gasteiger partial charge is 0.343 e. The Kier molecular flexibility index (Phi) is 4.78. The summed E-state index contributed by atoms with van der Waals surface area (Å²) in [6, 6.07) is 4.49. The van der Waals surface area contributed by atoms with Gasteiger partial charge >= 0.3 is 0 Å². The van der Waals surface area contributed by atoms with Crippen LogP contribution in [0.1, 0.15) is 24.6 Å². The second-order valence-corrected chi connectivity index (χ2v) is 6.23. The van der Waals surface area contributed by atoms with Gasteiger partial charge in [-0.2, -0.15) is 0 Å². The van der Waals surface area contributed by atoms with Gasteiger partial charge in [-0.05, 0) is 43.8 Å². The Morgan fingerprint density at radius 1 is 1.67 bits per heavy atom. The zero-order chi connectivity index (χ0) is 13.0. The maximum Gasteiger partial charge on any atom is 0.222 e. The number of hydrogen-bond donors (Lipinski definition) is 1. The third-order valence-electron chi connectivity index (χ3n) is 3.76. The van der Waals surface area contributed by atoms with Crippen molar-refractivity contribution < 1.29 is 4.79 Å². The highest BCUT2D eigenvalue weighted by Gasteiger charge is 2.22. The first-order valence-electron chi connectivity index (χ1n) is 6.65. The molecular formula is C14H22N2OS. The molecule has 0 aliphatic carbocycles. The lowest BCUT2D eigenvalue weighted by molar-refractivity contribution is -0.132. The fraction of sp³-hybridized carbons (Fsp3) is 0.643. The molecule has 0 spiro atoms. The minimum atomic E-state index is 0.283. The van der Waals surface area contributed by atoms with Gasteiger partial charge in [-0.25, -0.2) is 0 Å². The Balaban J connectivity index is 1.81. The Hall–Kier alpha value is -0.870. The molecule has 3 nitrogen and oxygen atoms in total. The van der Waals surface area contributed by atoms with Crippen molar-refractivity contribution in [3.63, 3.8) is 0 Å². The van der Waals surface area contributed by atoms with Crippen LogP contribution >= 0.6 is 11.3 Å². The standard InChI is InChI=1S/C14H22N2OS/c1-11(8-13-4-3-7-18-13)16(2)14(17)9-12-5-6-15-10-12/h3-4,7,11-12,15H,5-6,8-10H2,1-2H3. The highest BCUT2D eigenvalue weighted by molar-refractivity contribution is 7.09. The van der Waals surface area contributed by atoms with Crippen LogP contribution < -0.4 is 5.32 Å². The maximum atomic E-state index is 12.2. The zero-order valence-electron chi connectivity index (χ0n) is 11.2. The second kappa shape index (κ2) is 6.34. The molecule has 18 heavy (non-hydrogen) atoms. The third kappa shape index (κ3) is 3.56. The summed E-state index contributed by atoms with van der Waals surface area (Å²) in [5.41, 5.74) is 0. The van der Waals surface area contributed by atoms with E-state index in [-0.39, 0.29) is 11.9 Å². The quantitative estimate of drug-likeness (QED) is 0.885. The molecule has 2 unspecified atom stereocenters. The summed E-state index contributed by atoms with van der Waals surface area (Å²) in [6.07, 6.45) is 2.79. The highest BCUT2D eigenvalue weighted by Crippen LogP contribution is 2.17. The number of likely N-dealkylation sites (N-methyl/N-ethyl adjacent to an activating group) is 1. The molecule has 2 rings (SSSR count). The van der Waals surface area contributed by atoms with Crippen molar-refractivity contribution in [3.8, 4) is 0 Å². The zero-order valence-corrected chi connectivity index (χ0v) is 12.0. The number of amides is 1. The van der Waals surface area contributed by atoms with Crippen molar-refractivity contribution in [2.75, 3.05) is 20.1 Å². The molecule has 2 heterocycles. The van der Waals surface area contributed by atoms with Gasteiger partial charge in [0.1, 0.15) is 0 Å². The summed E-state index contributed by atoms with van der Waals surface area (Å²) in [5, 5.41) is 5.40. The minimum absolute atomic E-state index is 0.283. The van der Waals surface area contributed by atoms with E-state index in [1.54, 1.807) is 11.3 Å². The predicted octanol–water partition coefficient (Wildman–Crippen LogP) is 2.14. The van der Waals surface area contributed by atoms with E-state index in [2.05, 4.69) is 29.8 Å². The van der Waals surface area contributed by atoms with E-state index in [9.17, 15) is 4.79 Å². The molecular weight excluding hydrogens is 244 g/mol. The Morgan fingerprint density at radius 2 is 2.50 bits per heavy atom. The molecule has 2 atom stereocenters. The predicted molar refractivity (Wildman–Crippen MR) is 75.8 cm³/mol. The van der Waals surface area contributed by atoms with Crippen molar-refractivity contribution in [2.45, 2.75) is 32.2 Å². The lowest BCUT2D eigenvalue weighted by Crippen LogP contribution is -2.37. The van der Waals surface area contributed by atoms with Crippen LogP contribution in [0.5, 0.6) is 0 Å². The highest BCUT2D eigenvalue weighted by atomic mass is 32.1.